The molecule has 0 bridgehead atoms. The smallest absolute Gasteiger partial charge is 0.156 e. The Morgan fingerprint density at radius 3 is 2.80 bits per heavy atom. The molecule has 0 atom stereocenters. The Morgan fingerprint density at radius 1 is 1.60 bits per heavy atom. The Kier molecular flexibility index (Phi) is 3.28. The van der Waals surface area contributed by atoms with Crippen molar-refractivity contribution in [3.8, 4) is 12.3 Å². The van der Waals surface area contributed by atoms with E-state index < -0.39 is 5.54 Å². The van der Waals surface area contributed by atoms with Crippen LogP contribution >= 0.6 is 11.6 Å². The lowest BCUT2D eigenvalue weighted by Gasteiger charge is -2.21. The van der Waals surface area contributed by atoms with Crippen LogP contribution in [0.4, 0.5) is 5.82 Å². The monoisotopic (exact) mass is 223 g/mol. The van der Waals surface area contributed by atoms with Crippen molar-refractivity contribution in [2.75, 3.05) is 5.32 Å². The van der Waals surface area contributed by atoms with E-state index in [9.17, 15) is 4.79 Å². The third-order valence-corrected chi connectivity index (χ3v) is 2.05. The minimum atomic E-state index is -0.602. The van der Waals surface area contributed by atoms with Crippen LogP contribution in [0.2, 0.25) is 5.15 Å². The van der Waals surface area contributed by atoms with Crippen LogP contribution in [0.5, 0.6) is 0 Å². The highest BCUT2D eigenvalue weighted by atomic mass is 35.5. The van der Waals surface area contributed by atoms with Gasteiger partial charge in [0.15, 0.2) is 6.29 Å². The van der Waals surface area contributed by atoms with Gasteiger partial charge in [-0.1, -0.05) is 17.5 Å². The van der Waals surface area contributed by atoms with Crippen LogP contribution in [-0.2, 0) is 0 Å². The summed E-state index contributed by atoms with van der Waals surface area (Å²) in [6, 6.07) is 0. The zero-order valence-corrected chi connectivity index (χ0v) is 9.17. The SMILES string of the molecule is C#CC(C)(C)Nc1ncnc(Cl)c1C=O. The minimum absolute atomic E-state index is 0.107. The van der Waals surface area contributed by atoms with Gasteiger partial charge in [0.25, 0.3) is 0 Å². The Labute approximate surface area is 93.1 Å². The molecule has 0 radical (unpaired) electrons. The Balaban J connectivity index is 3.11. The lowest BCUT2D eigenvalue weighted by Crippen LogP contribution is -2.29. The van der Waals surface area contributed by atoms with E-state index in [0.29, 0.717) is 12.1 Å². The van der Waals surface area contributed by atoms with Crippen molar-refractivity contribution in [2.24, 2.45) is 0 Å². The van der Waals surface area contributed by atoms with E-state index in [0.717, 1.165) is 0 Å². The van der Waals surface area contributed by atoms with Gasteiger partial charge in [0.1, 0.15) is 17.3 Å². The van der Waals surface area contributed by atoms with Gasteiger partial charge >= 0.3 is 0 Å². The zero-order valence-electron chi connectivity index (χ0n) is 8.41. The van der Waals surface area contributed by atoms with E-state index in [2.05, 4.69) is 21.2 Å². The van der Waals surface area contributed by atoms with E-state index in [1.54, 1.807) is 13.8 Å². The summed E-state index contributed by atoms with van der Waals surface area (Å²) in [6.07, 6.45) is 7.17. The molecule has 1 N–H and O–H groups in total. The lowest BCUT2D eigenvalue weighted by molar-refractivity contribution is 0.112. The van der Waals surface area contributed by atoms with Crippen molar-refractivity contribution < 1.29 is 4.79 Å². The van der Waals surface area contributed by atoms with Gasteiger partial charge in [-0.2, -0.15) is 0 Å². The van der Waals surface area contributed by atoms with Crippen LogP contribution in [0.25, 0.3) is 0 Å². The highest BCUT2D eigenvalue weighted by Crippen LogP contribution is 2.20. The number of carbonyl (C=O) groups is 1. The first kappa shape index (κ1) is 11.5. The molecule has 0 spiro atoms. The molecule has 0 unspecified atom stereocenters. The summed E-state index contributed by atoms with van der Waals surface area (Å²) in [5, 5.41) is 3.03. The van der Waals surface area contributed by atoms with Crippen LogP contribution in [0.1, 0.15) is 24.2 Å². The van der Waals surface area contributed by atoms with Crippen molar-refractivity contribution in [3.63, 3.8) is 0 Å². The van der Waals surface area contributed by atoms with Crippen molar-refractivity contribution in [1.82, 2.24) is 9.97 Å². The summed E-state index contributed by atoms with van der Waals surface area (Å²) in [5.74, 6) is 2.87. The number of halogens is 1. The number of nitrogens with zero attached hydrogens (tertiary/aromatic N) is 2. The number of hydrogen-bond donors (Lipinski definition) is 1. The summed E-state index contributed by atoms with van der Waals surface area (Å²) in [6.45, 7) is 3.58. The van der Waals surface area contributed by atoms with Crippen LogP contribution in [-0.4, -0.2) is 21.8 Å². The third-order valence-electron chi connectivity index (χ3n) is 1.74. The molecular formula is C10H10ClN3O. The fraction of sp³-hybridized carbons (Fsp3) is 0.300. The average Bonchev–Trinajstić information content (AvgIpc) is 2.18. The van der Waals surface area contributed by atoms with Crippen LogP contribution in [0.3, 0.4) is 0 Å². The van der Waals surface area contributed by atoms with Gasteiger partial charge < -0.3 is 5.32 Å². The van der Waals surface area contributed by atoms with E-state index in [-0.39, 0.29) is 10.7 Å². The number of aromatic nitrogens is 2. The van der Waals surface area contributed by atoms with Gasteiger partial charge in [0, 0.05) is 0 Å². The number of rotatable bonds is 3. The molecule has 15 heavy (non-hydrogen) atoms. The van der Waals surface area contributed by atoms with Gasteiger partial charge in [-0.25, -0.2) is 9.97 Å². The second-order valence-corrected chi connectivity index (χ2v) is 3.80. The maximum atomic E-state index is 10.8. The number of carbonyl (C=O) groups excluding carboxylic acids is 1. The first-order chi connectivity index (χ1) is 7.00. The first-order valence-corrected chi connectivity index (χ1v) is 4.59. The van der Waals surface area contributed by atoms with E-state index in [4.69, 9.17) is 18.0 Å². The maximum Gasteiger partial charge on any atom is 0.156 e. The van der Waals surface area contributed by atoms with Crippen molar-refractivity contribution in [2.45, 2.75) is 19.4 Å². The number of terminal acetylenes is 1. The van der Waals surface area contributed by atoms with Gasteiger partial charge in [0.2, 0.25) is 0 Å². The molecule has 78 valence electrons. The molecule has 0 aromatic carbocycles. The fourth-order valence-electron chi connectivity index (χ4n) is 0.910. The van der Waals surface area contributed by atoms with Crippen molar-refractivity contribution in [1.29, 1.82) is 0 Å². The van der Waals surface area contributed by atoms with Gasteiger partial charge in [-0.05, 0) is 13.8 Å². The molecule has 0 fully saturated rings. The summed E-state index contributed by atoms with van der Waals surface area (Å²) < 4.78 is 0. The van der Waals surface area contributed by atoms with Gasteiger partial charge in [-0.15, -0.1) is 6.42 Å². The predicted octanol–water partition coefficient (Wildman–Crippen LogP) is 1.77. The quantitative estimate of drug-likeness (QED) is 0.482. The summed E-state index contributed by atoms with van der Waals surface area (Å²) in [7, 11) is 0. The summed E-state index contributed by atoms with van der Waals surface area (Å²) >= 11 is 5.73. The second kappa shape index (κ2) is 4.28. The van der Waals surface area contributed by atoms with Gasteiger partial charge in [-0.3, -0.25) is 4.79 Å². The highest BCUT2D eigenvalue weighted by molar-refractivity contribution is 6.32. The summed E-state index contributed by atoms with van der Waals surface area (Å²) in [4.78, 5) is 18.4. The number of anilines is 1. The Hall–Kier alpha value is -1.60. The van der Waals surface area contributed by atoms with E-state index in [1.807, 2.05) is 0 Å². The lowest BCUT2D eigenvalue weighted by atomic mass is 10.1. The molecule has 0 aliphatic heterocycles. The topological polar surface area (TPSA) is 54.9 Å². The zero-order chi connectivity index (χ0) is 11.5. The Bertz CT molecular complexity index is 423. The Morgan fingerprint density at radius 2 is 2.27 bits per heavy atom. The van der Waals surface area contributed by atoms with Crippen LogP contribution < -0.4 is 5.32 Å². The minimum Gasteiger partial charge on any atom is -0.354 e. The fourth-order valence-corrected chi connectivity index (χ4v) is 1.09. The molecule has 1 aromatic heterocycles. The molecule has 1 heterocycles. The first-order valence-electron chi connectivity index (χ1n) is 4.22. The molecule has 1 aromatic rings. The van der Waals surface area contributed by atoms with E-state index in [1.165, 1.54) is 6.33 Å². The molecule has 0 saturated heterocycles. The normalized spacial score (nSPS) is 10.5. The molecular weight excluding hydrogens is 214 g/mol. The molecule has 0 amide bonds. The molecule has 0 aliphatic rings. The number of hydrogen-bond acceptors (Lipinski definition) is 4. The van der Waals surface area contributed by atoms with Crippen molar-refractivity contribution in [3.05, 3.63) is 17.0 Å². The van der Waals surface area contributed by atoms with Crippen molar-refractivity contribution >= 4 is 23.7 Å². The standard InChI is InChI=1S/C10H10ClN3O/c1-4-10(2,3)14-9-7(5-15)8(11)12-6-13-9/h1,5-6H,2-3H3,(H,12,13,14). The maximum absolute atomic E-state index is 10.8. The molecule has 1 rings (SSSR count). The second-order valence-electron chi connectivity index (χ2n) is 3.44. The number of aldehydes is 1. The summed E-state index contributed by atoms with van der Waals surface area (Å²) in [5.41, 5.74) is -0.391. The molecule has 0 aliphatic carbocycles. The largest absolute Gasteiger partial charge is 0.354 e. The van der Waals surface area contributed by atoms with Gasteiger partial charge in [0.05, 0.1) is 11.1 Å². The molecule has 5 heteroatoms. The predicted molar refractivity (Wildman–Crippen MR) is 59.0 cm³/mol. The molecule has 0 saturated carbocycles. The van der Waals surface area contributed by atoms with Crippen LogP contribution in [0, 0.1) is 12.3 Å². The number of nitrogens with one attached hydrogen (secondary N) is 1. The average molecular weight is 224 g/mol. The molecule has 4 nitrogen and oxygen atoms in total. The third kappa shape index (κ3) is 2.67. The highest BCUT2D eigenvalue weighted by Gasteiger charge is 2.17. The van der Waals surface area contributed by atoms with Crippen LogP contribution in [0.15, 0.2) is 6.33 Å². The van der Waals surface area contributed by atoms with E-state index >= 15 is 0 Å².